The van der Waals surface area contributed by atoms with E-state index in [-0.39, 0.29) is 24.4 Å². The van der Waals surface area contributed by atoms with Gasteiger partial charge in [-0.3, -0.25) is 4.79 Å². The van der Waals surface area contributed by atoms with Crippen molar-refractivity contribution in [3.63, 3.8) is 0 Å². The van der Waals surface area contributed by atoms with Gasteiger partial charge in [0.2, 0.25) is 5.91 Å². The van der Waals surface area contributed by atoms with Crippen LogP contribution in [0, 0.1) is 18.3 Å². The number of carbonyl (C=O) groups is 2. The van der Waals surface area contributed by atoms with Crippen LogP contribution in [0.1, 0.15) is 29.3 Å². The Hall–Kier alpha value is -3.73. The summed E-state index contributed by atoms with van der Waals surface area (Å²) >= 11 is 0. The minimum atomic E-state index is -0.617. The van der Waals surface area contributed by atoms with Crippen LogP contribution in [0.25, 0.3) is 16.7 Å². The smallest absolute Gasteiger partial charge is 0.343 e. The van der Waals surface area contributed by atoms with Crippen molar-refractivity contribution in [2.75, 3.05) is 11.9 Å². The van der Waals surface area contributed by atoms with Gasteiger partial charge < -0.3 is 10.1 Å². The summed E-state index contributed by atoms with van der Waals surface area (Å²) in [4.78, 5) is 28.7. The molecule has 0 spiro atoms. The number of pyridine rings is 1. The topological polar surface area (TPSA) is 110 Å². The number of hydrogen-bond donors (Lipinski definition) is 1. The maximum absolute atomic E-state index is 12.2. The Bertz CT molecular complexity index is 1060. The fraction of sp³-hybridized carbons (Fsp3) is 0.211. The van der Waals surface area contributed by atoms with Crippen LogP contribution in [0.3, 0.4) is 0 Å². The van der Waals surface area contributed by atoms with Crippen molar-refractivity contribution in [3.8, 4) is 11.9 Å². The van der Waals surface area contributed by atoms with Crippen LogP contribution in [0.2, 0.25) is 0 Å². The summed E-state index contributed by atoms with van der Waals surface area (Å²) in [5, 5.41) is 16.5. The van der Waals surface area contributed by atoms with Crippen molar-refractivity contribution < 1.29 is 14.3 Å². The van der Waals surface area contributed by atoms with Gasteiger partial charge in [-0.1, -0.05) is 18.2 Å². The molecule has 3 rings (SSSR count). The number of hydrogen-bond acceptors (Lipinski definition) is 6. The number of aromatic nitrogens is 3. The fourth-order valence-electron chi connectivity index (χ4n) is 2.69. The highest BCUT2D eigenvalue weighted by Crippen LogP contribution is 2.24. The van der Waals surface area contributed by atoms with Gasteiger partial charge in [0, 0.05) is 5.39 Å². The Morgan fingerprint density at radius 3 is 2.85 bits per heavy atom. The lowest BCUT2D eigenvalue weighted by Crippen LogP contribution is -2.17. The number of fused-ring (bicyclic) bond motifs is 1. The van der Waals surface area contributed by atoms with Crippen molar-refractivity contribution in [1.29, 1.82) is 5.26 Å². The quantitative estimate of drug-likeness (QED) is 0.698. The molecule has 1 aromatic carbocycles. The lowest BCUT2D eigenvalue weighted by Gasteiger charge is -2.11. The van der Waals surface area contributed by atoms with Gasteiger partial charge in [0.1, 0.15) is 12.0 Å². The van der Waals surface area contributed by atoms with E-state index in [1.54, 1.807) is 13.0 Å². The predicted octanol–water partition coefficient (Wildman–Crippen LogP) is 2.76. The third-order valence-electron chi connectivity index (χ3n) is 3.89. The van der Waals surface area contributed by atoms with E-state index in [0.717, 1.165) is 16.5 Å². The summed E-state index contributed by atoms with van der Waals surface area (Å²) in [5.74, 6) is -0.610. The van der Waals surface area contributed by atoms with E-state index in [1.807, 2.05) is 37.3 Å². The second kappa shape index (κ2) is 7.66. The van der Waals surface area contributed by atoms with Crippen molar-refractivity contribution in [3.05, 3.63) is 47.7 Å². The molecule has 2 heterocycles. The summed E-state index contributed by atoms with van der Waals surface area (Å²) < 4.78 is 6.39. The predicted molar refractivity (Wildman–Crippen MR) is 98.4 cm³/mol. The minimum absolute atomic E-state index is 0.0933. The van der Waals surface area contributed by atoms with Crippen molar-refractivity contribution in [2.24, 2.45) is 0 Å². The third-order valence-corrected chi connectivity index (χ3v) is 3.89. The second-order valence-corrected chi connectivity index (χ2v) is 5.74. The number of benzene rings is 1. The zero-order valence-electron chi connectivity index (χ0n) is 14.9. The van der Waals surface area contributed by atoms with E-state index in [1.165, 1.54) is 10.9 Å². The van der Waals surface area contributed by atoms with E-state index < -0.39 is 11.9 Å². The highest BCUT2D eigenvalue weighted by atomic mass is 16.5. The maximum atomic E-state index is 12.2. The first-order chi connectivity index (χ1) is 13.0. The molecule has 1 N–H and O–H groups in total. The number of carbonyl (C=O) groups excluding carboxylic acids is 2. The van der Waals surface area contributed by atoms with Gasteiger partial charge in [-0.2, -0.15) is 15.0 Å². The molecule has 0 aliphatic carbocycles. The Labute approximate surface area is 155 Å². The lowest BCUT2D eigenvalue weighted by atomic mass is 10.1. The molecule has 0 radical (unpaired) electrons. The van der Waals surface area contributed by atoms with Gasteiger partial charge >= 0.3 is 5.97 Å². The van der Waals surface area contributed by atoms with Crippen LogP contribution in [0.5, 0.6) is 0 Å². The second-order valence-electron chi connectivity index (χ2n) is 5.74. The SMILES string of the molecule is CCOC(=O)c1cnn(-c2cc(C)c3ccccc3n2)c1NC(=O)CC#N. The number of nitrogens with zero attached hydrogens (tertiary/aromatic N) is 4. The Morgan fingerprint density at radius 2 is 2.11 bits per heavy atom. The monoisotopic (exact) mass is 363 g/mol. The molecule has 8 heteroatoms. The van der Waals surface area contributed by atoms with Crippen LogP contribution in [0.4, 0.5) is 5.82 Å². The molecular weight excluding hydrogens is 346 g/mol. The molecule has 1 amide bonds. The molecule has 0 saturated carbocycles. The molecule has 27 heavy (non-hydrogen) atoms. The first-order valence-corrected chi connectivity index (χ1v) is 8.33. The third kappa shape index (κ3) is 3.62. The Balaban J connectivity index is 2.13. The zero-order valence-corrected chi connectivity index (χ0v) is 14.9. The van der Waals surface area contributed by atoms with Gasteiger partial charge in [0.15, 0.2) is 11.6 Å². The van der Waals surface area contributed by atoms with E-state index in [9.17, 15) is 9.59 Å². The van der Waals surface area contributed by atoms with Crippen molar-refractivity contribution in [2.45, 2.75) is 20.3 Å². The largest absolute Gasteiger partial charge is 0.462 e. The lowest BCUT2D eigenvalue weighted by molar-refractivity contribution is -0.115. The number of nitriles is 1. The molecule has 8 nitrogen and oxygen atoms in total. The highest BCUT2D eigenvalue weighted by Gasteiger charge is 2.22. The van der Waals surface area contributed by atoms with E-state index in [0.29, 0.717) is 5.82 Å². The van der Waals surface area contributed by atoms with Gasteiger partial charge in [0.25, 0.3) is 0 Å². The first-order valence-electron chi connectivity index (χ1n) is 8.33. The number of rotatable bonds is 5. The van der Waals surface area contributed by atoms with Crippen LogP contribution in [-0.2, 0) is 9.53 Å². The number of anilines is 1. The van der Waals surface area contributed by atoms with Crippen LogP contribution >= 0.6 is 0 Å². The van der Waals surface area contributed by atoms with Gasteiger partial charge in [-0.05, 0) is 31.5 Å². The number of esters is 1. The number of aryl methyl sites for hydroxylation is 1. The van der Waals surface area contributed by atoms with E-state index in [4.69, 9.17) is 10.00 Å². The average Bonchev–Trinajstić information content (AvgIpc) is 3.05. The van der Waals surface area contributed by atoms with Gasteiger partial charge in [-0.25, -0.2) is 9.78 Å². The summed E-state index contributed by atoms with van der Waals surface area (Å²) in [6, 6.07) is 11.2. The first kappa shape index (κ1) is 18.1. The molecule has 0 atom stereocenters. The van der Waals surface area contributed by atoms with Crippen LogP contribution in [-0.4, -0.2) is 33.2 Å². The van der Waals surface area contributed by atoms with Crippen LogP contribution < -0.4 is 5.32 Å². The molecule has 136 valence electrons. The molecule has 0 aliphatic rings. The van der Waals surface area contributed by atoms with Gasteiger partial charge in [-0.15, -0.1) is 0 Å². The molecular formula is C19H17N5O3. The molecule has 0 fully saturated rings. The molecule has 2 aromatic heterocycles. The molecule has 0 saturated heterocycles. The summed E-state index contributed by atoms with van der Waals surface area (Å²) in [7, 11) is 0. The molecule has 0 unspecified atom stereocenters. The number of nitrogens with one attached hydrogen (secondary N) is 1. The molecule has 0 aliphatic heterocycles. The van der Waals surface area contributed by atoms with Crippen LogP contribution in [0.15, 0.2) is 36.5 Å². The van der Waals surface area contributed by atoms with Crippen molar-refractivity contribution in [1.82, 2.24) is 14.8 Å². The Kier molecular flexibility index (Phi) is 5.13. The Morgan fingerprint density at radius 1 is 1.33 bits per heavy atom. The minimum Gasteiger partial charge on any atom is -0.462 e. The summed E-state index contributed by atoms with van der Waals surface area (Å²) in [6.07, 6.45) is 0.962. The standard InChI is InChI=1S/C19H17N5O3/c1-3-27-19(26)14-11-21-24(18(14)23-17(25)8-9-20)16-10-12(2)13-6-4-5-7-15(13)22-16/h4-7,10-11H,3,8H2,1-2H3,(H,23,25). The summed E-state index contributed by atoms with van der Waals surface area (Å²) in [6.45, 7) is 3.81. The maximum Gasteiger partial charge on any atom is 0.343 e. The zero-order chi connectivity index (χ0) is 19.4. The molecule has 0 bridgehead atoms. The number of ether oxygens (including phenoxy) is 1. The normalized spacial score (nSPS) is 10.4. The van der Waals surface area contributed by atoms with Gasteiger partial charge in [0.05, 0.1) is 24.4 Å². The highest BCUT2D eigenvalue weighted by molar-refractivity contribution is 6.01. The van der Waals surface area contributed by atoms with E-state index >= 15 is 0 Å². The fourth-order valence-corrected chi connectivity index (χ4v) is 2.69. The van der Waals surface area contributed by atoms with Crippen molar-refractivity contribution >= 4 is 28.6 Å². The number of amides is 1. The molecule has 3 aromatic rings. The van der Waals surface area contributed by atoms with E-state index in [2.05, 4.69) is 15.4 Å². The number of para-hydroxylation sites is 1. The summed E-state index contributed by atoms with van der Waals surface area (Å²) in [5.41, 5.74) is 1.82. The average molecular weight is 363 g/mol.